The molecule has 0 spiro atoms. The number of carbonyl (C=O) groups excluding carboxylic acids is 4. The van der Waals surface area contributed by atoms with Gasteiger partial charge < -0.3 is 40.9 Å². The molecule has 2 aromatic rings. The summed E-state index contributed by atoms with van der Waals surface area (Å²) in [4.78, 5) is 63.8. The van der Waals surface area contributed by atoms with Crippen LogP contribution >= 0.6 is 11.3 Å². The Kier molecular flexibility index (Phi) is 12.5. The molecule has 4 amide bonds. The Morgan fingerprint density at radius 2 is 1.73 bits per heavy atom. The van der Waals surface area contributed by atoms with Gasteiger partial charge in [0, 0.05) is 5.38 Å². The summed E-state index contributed by atoms with van der Waals surface area (Å²) in [6, 6.07) is -3.01. The second-order valence-electron chi connectivity index (χ2n) is 13.6. The Hall–Kier alpha value is -4.98. The molecule has 52 heavy (non-hydrogen) atoms. The van der Waals surface area contributed by atoms with Crippen LogP contribution in [0.2, 0.25) is 0 Å². The van der Waals surface area contributed by atoms with Gasteiger partial charge in [0.2, 0.25) is 5.96 Å². The zero-order valence-electron chi connectivity index (χ0n) is 29.3. The van der Waals surface area contributed by atoms with Crippen LogP contribution in [0.1, 0.15) is 66.8 Å². The predicted octanol–water partition coefficient (Wildman–Crippen LogP) is -0.769. The van der Waals surface area contributed by atoms with Crippen molar-refractivity contribution in [3.8, 4) is 0 Å². The van der Waals surface area contributed by atoms with E-state index in [4.69, 9.17) is 20.0 Å². The van der Waals surface area contributed by atoms with Gasteiger partial charge in [-0.15, -0.1) is 21.4 Å². The van der Waals surface area contributed by atoms with Crippen LogP contribution in [0, 0.1) is 0 Å². The van der Waals surface area contributed by atoms with Gasteiger partial charge >= 0.3 is 22.5 Å². The number of aliphatic imine (C=N–C) groups is 1. The van der Waals surface area contributed by atoms with Gasteiger partial charge in [0.05, 0.1) is 25.3 Å². The Balaban J connectivity index is 1.81. The topological polar surface area (TPSA) is 324 Å². The first kappa shape index (κ1) is 41.4. The minimum absolute atomic E-state index is 0.0347. The number of aromatic nitrogens is 4. The number of nitrogens with one attached hydrogen (secondary N) is 3. The van der Waals surface area contributed by atoms with Crippen molar-refractivity contribution in [2.24, 2.45) is 10.1 Å². The summed E-state index contributed by atoms with van der Waals surface area (Å²) < 4.78 is 45.6. The number of ether oxygens (including phenoxy) is 2. The quantitative estimate of drug-likeness (QED) is 0.0368. The number of nitrogens with two attached hydrogens (primary N) is 1. The number of oxime groups is 1. The molecule has 0 aromatic carbocycles. The number of hydrogen-bond donors (Lipinski definition) is 7. The standard InChI is InChI=1S/C27H41N11O12S2/c1-25(2,3)48-23(43)32-22(33-24(44)49-26(4,5)6)29-9-13-10-37(36-34-13)11-15-17(19(40)38(15)52(45,46)47)31-18(39)16(14-12-51-21(28)30-14)35-50-27(7,8)20(41)42/h10,12,15,17,20,41-42H,9,11H2,1-8H3,(H2,28,30)(H,31,39)(H,45,46,47)(H2,29,32,33,43,44)/b35-16-/t15-,17+/m1/s1. The van der Waals surface area contributed by atoms with E-state index in [0.29, 0.717) is 0 Å². The number of aliphatic hydroxyl groups excluding tert-OH is 1. The van der Waals surface area contributed by atoms with E-state index in [1.807, 2.05) is 0 Å². The number of nitrogen functional groups attached to an aromatic ring is 1. The van der Waals surface area contributed by atoms with E-state index in [2.05, 4.69) is 41.4 Å². The summed E-state index contributed by atoms with van der Waals surface area (Å²) in [6.45, 7) is 11.6. The molecule has 0 aliphatic carbocycles. The molecule has 0 unspecified atom stereocenters. The summed E-state index contributed by atoms with van der Waals surface area (Å²) in [5.74, 6) is -2.66. The Bertz CT molecular complexity index is 1820. The number of hydrogen-bond acceptors (Lipinski definition) is 17. The SMILES string of the molecule is CC(C)(C)OC(=O)/N=C(\NCc1cn(C[C@@H]2[C@H](NC(=O)/C(=N\OC(C)(C)C(O)O)c3csc(N)n3)C(=O)N2S(=O)(=O)O)nn1)NC(=O)OC(C)(C)C. The molecular formula is C27H41N11O12S2. The summed E-state index contributed by atoms with van der Waals surface area (Å²) in [7, 11) is -5.12. The van der Waals surface area contributed by atoms with Crippen molar-refractivity contribution in [3.05, 3.63) is 23.0 Å². The van der Waals surface area contributed by atoms with Crippen molar-refractivity contribution in [3.63, 3.8) is 0 Å². The molecule has 1 aliphatic heterocycles. The van der Waals surface area contributed by atoms with E-state index < -0.39 is 81.7 Å². The minimum atomic E-state index is -5.12. The van der Waals surface area contributed by atoms with Gasteiger partial charge in [-0.25, -0.2) is 23.6 Å². The molecule has 3 heterocycles. The van der Waals surface area contributed by atoms with Gasteiger partial charge in [-0.3, -0.25) is 19.5 Å². The monoisotopic (exact) mass is 775 g/mol. The highest BCUT2D eigenvalue weighted by Gasteiger charge is 2.54. The molecule has 288 valence electrons. The van der Waals surface area contributed by atoms with Crippen LogP contribution in [0.3, 0.4) is 0 Å². The third-order valence-electron chi connectivity index (χ3n) is 6.29. The van der Waals surface area contributed by atoms with Gasteiger partial charge in [0.15, 0.2) is 22.7 Å². The smallest absolute Gasteiger partial charge is 0.437 e. The lowest BCUT2D eigenvalue weighted by Gasteiger charge is -2.43. The minimum Gasteiger partial charge on any atom is -0.444 e. The van der Waals surface area contributed by atoms with Crippen LogP contribution in [0.15, 0.2) is 21.7 Å². The lowest BCUT2D eigenvalue weighted by atomic mass is 9.98. The molecular weight excluding hydrogens is 734 g/mol. The van der Waals surface area contributed by atoms with Crippen LogP contribution in [0.4, 0.5) is 14.7 Å². The fourth-order valence-corrected chi connectivity index (χ4v) is 5.34. The molecule has 2 atom stereocenters. The van der Waals surface area contributed by atoms with Crippen LogP contribution in [0.5, 0.6) is 0 Å². The molecule has 23 nitrogen and oxygen atoms in total. The molecule has 3 rings (SSSR count). The molecule has 0 radical (unpaired) electrons. The van der Waals surface area contributed by atoms with Gasteiger partial charge in [-0.2, -0.15) is 8.42 Å². The molecule has 25 heteroatoms. The summed E-state index contributed by atoms with van der Waals surface area (Å²) in [5.41, 5.74) is 1.72. The average molecular weight is 776 g/mol. The summed E-state index contributed by atoms with van der Waals surface area (Å²) >= 11 is 0.936. The van der Waals surface area contributed by atoms with Crippen molar-refractivity contribution < 1.29 is 56.7 Å². The highest BCUT2D eigenvalue weighted by atomic mass is 32.2. The van der Waals surface area contributed by atoms with E-state index >= 15 is 0 Å². The predicted molar refractivity (Wildman–Crippen MR) is 180 cm³/mol. The van der Waals surface area contributed by atoms with E-state index in [9.17, 15) is 42.4 Å². The van der Waals surface area contributed by atoms with E-state index in [1.54, 1.807) is 41.5 Å². The van der Waals surface area contributed by atoms with Crippen molar-refractivity contribution in [2.45, 2.75) is 104 Å². The highest BCUT2D eigenvalue weighted by molar-refractivity contribution is 7.84. The van der Waals surface area contributed by atoms with E-state index in [-0.39, 0.29) is 33.3 Å². The molecule has 1 fully saturated rings. The van der Waals surface area contributed by atoms with E-state index in [1.165, 1.54) is 25.4 Å². The number of β-lactam (4-membered cyclic amide) rings is 1. The van der Waals surface area contributed by atoms with Gasteiger partial charge in [0.25, 0.3) is 11.8 Å². The number of carbonyl (C=O) groups is 4. The van der Waals surface area contributed by atoms with Crippen molar-refractivity contribution in [2.75, 3.05) is 5.73 Å². The molecule has 1 saturated heterocycles. The summed E-state index contributed by atoms with van der Waals surface area (Å²) in [6.07, 6.45) is -2.69. The number of alkyl carbamates (subject to hydrolysis) is 1. The average Bonchev–Trinajstić information content (AvgIpc) is 3.60. The van der Waals surface area contributed by atoms with Crippen molar-refractivity contribution >= 4 is 62.4 Å². The normalized spacial score (nSPS) is 17.4. The van der Waals surface area contributed by atoms with Crippen LogP contribution in [-0.2, 0) is 47.3 Å². The molecule has 2 aromatic heterocycles. The number of nitrogens with zero attached hydrogens (tertiary/aromatic N) is 7. The van der Waals surface area contributed by atoms with Gasteiger partial charge in [-0.1, -0.05) is 10.4 Å². The first-order valence-corrected chi connectivity index (χ1v) is 17.4. The molecule has 1 aliphatic rings. The van der Waals surface area contributed by atoms with Gasteiger partial charge in [-0.05, 0) is 55.4 Å². The molecule has 0 saturated carbocycles. The van der Waals surface area contributed by atoms with Gasteiger partial charge in [0.1, 0.15) is 28.6 Å². The van der Waals surface area contributed by atoms with E-state index in [0.717, 1.165) is 16.0 Å². The number of guanidine groups is 1. The molecule has 8 N–H and O–H groups in total. The second-order valence-corrected chi connectivity index (χ2v) is 15.7. The Labute approximate surface area is 301 Å². The maximum atomic E-state index is 13.4. The third-order valence-corrected chi connectivity index (χ3v) is 7.91. The first-order chi connectivity index (χ1) is 23.8. The lowest BCUT2D eigenvalue weighted by Crippen LogP contribution is -2.73. The number of aliphatic hydroxyl groups is 2. The number of anilines is 1. The third kappa shape index (κ3) is 11.8. The zero-order chi connectivity index (χ0) is 39.4. The molecule has 0 bridgehead atoms. The zero-order valence-corrected chi connectivity index (χ0v) is 31.0. The maximum Gasteiger partial charge on any atom is 0.437 e. The van der Waals surface area contributed by atoms with Crippen molar-refractivity contribution in [1.29, 1.82) is 0 Å². The highest BCUT2D eigenvalue weighted by Crippen LogP contribution is 2.26. The Morgan fingerprint density at radius 1 is 1.10 bits per heavy atom. The lowest BCUT2D eigenvalue weighted by molar-refractivity contribution is -0.192. The van der Waals surface area contributed by atoms with Crippen LogP contribution in [-0.4, -0.2) is 118 Å². The maximum absolute atomic E-state index is 13.4. The first-order valence-electron chi connectivity index (χ1n) is 15.2. The number of rotatable bonds is 11. The Morgan fingerprint density at radius 3 is 2.27 bits per heavy atom. The fraction of sp³-hybridized carbons (Fsp3) is 0.593. The second kappa shape index (κ2) is 15.7. The van der Waals surface area contributed by atoms with Crippen LogP contribution < -0.4 is 21.7 Å². The van der Waals surface area contributed by atoms with Crippen LogP contribution in [0.25, 0.3) is 0 Å². The fourth-order valence-electron chi connectivity index (χ4n) is 3.92. The number of thiazole rings is 1. The van der Waals surface area contributed by atoms with Crippen molar-refractivity contribution in [1.82, 2.24) is 40.2 Å². The number of amides is 4. The largest absolute Gasteiger partial charge is 0.444 e. The summed E-state index contributed by atoms with van der Waals surface area (Å²) in [5, 5.41) is 39.3.